The smallest absolute Gasteiger partial charge is 0.137 e. The number of fused-ring (bicyclic) bond motifs is 1. The maximum absolute atomic E-state index is 5.71. The van der Waals surface area contributed by atoms with Crippen molar-refractivity contribution in [2.24, 2.45) is 5.92 Å². The molecule has 2 heterocycles. The molecule has 2 fully saturated rings. The summed E-state index contributed by atoms with van der Waals surface area (Å²) in [5.74, 6) is 1.63. The Morgan fingerprint density at radius 1 is 1.56 bits per heavy atom. The second-order valence-electron chi connectivity index (χ2n) is 4.38. The summed E-state index contributed by atoms with van der Waals surface area (Å²) in [6, 6.07) is 3.61. The first kappa shape index (κ1) is 12.0. The van der Waals surface area contributed by atoms with Crippen LogP contribution in [0.15, 0.2) is 18.3 Å². The van der Waals surface area contributed by atoms with Gasteiger partial charge in [0.2, 0.25) is 0 Å². The van der Waals surface area contributed by atoms with E-state index in [4.69, 9.17) is 16.3 Å². The molecule has 2 atom stereocenters. The Morgan fingerprint density at radius 3 is 3.00 bits per heavy atom. The minimum atomic E-state index is 0. The van der Waals surface area contributed by atoms with Gasteiger partial charge >= 0.3 is 0 Å². The predicted molar refractivity (Wildman–Crippen MR) is 65.4 cm³/mol. The second kappa shape index (κ2) is 4.40. The molecule has 1 aromatic heterocycles. The van der Waals surface area contributed by atoms with Crippen molar-refractivity contribution >= 4 is 24.0 Å². The first-order valence-corrected chi connectivity index (χ1v) is 5.66. The SMILES string of the molecule is Cl.Clc1ccc(OC[C@]23C[C@H]2CCN3)cn1. The fourth-order valence-corrected chi connectivity index (χ4v) is 2.47. The van der Waals surface area contributed by atoms with E-state index in [0.717, 1.165) is 24.8 Å². The van der Waals surface area contributed by atoms with Gasteiger partial charge in [0.25, 0.3) is 0 Å². The Hall–Kier alpha value is -0.510. The molecule has 0 radical (unpaired) electrons. The fraction of sp³-hybridized carbons (Fsp3) is 0.545. The van der Waals surface area contributed by atoms with Crippen LogP contribution in [0.3, 0.4) is 0 Å². The Labute approximate surface area is 106 Å². The lowest BCUT2D eigenvalue weighted by molar-refractivity contribution is 0.257. The van der Waals surface area contributed by atoms with Crippen LogP contribution < -0.4 is 10.1 Å². The van der Waals surface area contributed by atoms with E-state index >= 15 is 0 Å². The molecular weight excluding hydrogens is 247 g/mol. The van der Waals surface area contributed by atoms with Crippen LogP contribution in [-0.4, -0.2) is 23.7 Å². The highest BCUT2D eigenvalue weighted by Gasteiger charge is 2.57. The molecule has 1 aromatic rings. The van der Waals surface area contributed by atoms with Gasteiger partial charge in [-0.25, -0.2) is 4.98 Å². The number of rotatable bonds is 3. The molecule has 5 heteroatoms. The lowest BCUT2D eigenvalue weighted by Gasteiger charge is -2.14. The van der Waals surface area contributed by atoms with E-state index in [2.05, 4.69) is 10.3 Å². The van der Waals surface area contributed by atoms with Gasteiger partial charge in [-0.05, 0) is 37.4 Å². The lowest BCUT2D eigenvalue weighted by Crippen LogP contribution is -2.34. The number of hydrogen-bond donors (Lipinski definition) is 1. The number of nitrogens with zero attached hydrogens (tertiary/aromatic N) is 1. The molecule has 1 saturated heterocycles. The zero-order valence-electron chi connectivity index (χ0n) is 8.78. The van der Waals surface area contributed by atoms with Crippen molar-refractivity contribution in [1.82, 2.24) is 10.3 Å². The molecule has 1 saturated carbocycles. The van der Waals surface area contributed by atoms with Gasteiger partial charge in [0.05, 0.1) is 11.7 Å². The average Bonchev–Trinajstić information content (AvgIpc) is 2.80. The van der Waals surface area contributed by atoms with Crippen molar-refractivity contribution in [3.63, 3.8) is 0 Å². The number of nitrogens with one attached hydrogen (secondary N) is 1. The minimum Gasteiger partial charge on any atom is -0.490 e. The first-order valence-electron chi connectivity index (χ1n) is 5.28. The summed E-state index contributed by atoms with van der Waals surface area (Å²) in [7, 11) is 0. The molecule has 0 amide bonds. The Kier molecular flexibility index (Phi) is 3.29. The van der Waals surface area contributed by atoms with E-state index in [1.54, 1.807) is 12.3 Å². The van der Waals surface area contributed by atoms with Crippen LogP contribution in [0, 0.1) is 5.92 Å². The summed E-state index contributed by atoms with van der Waals surface area (Å²) >= 11 is 5.70. The van der Waals surface area contributed by atoms with Crippen LogP contribution in [-0.2, 0) is 0 Å². The molecule has 3 rings (SSSR count). The Morgan fingerprint density at radius 2 is 2.44 bits per heavy atom. The van der Waals surface area contributed by atoms with Crippen molar-refractivity contribution in [2.45, 2.75) is 18.4 Å². The summed E-state index contributed by atoms with van der Waals surface area (Å²) in [5, 5.41) is 4.02. The summed E-state index contributed by atoms with van der Waals surface area (Å²) in [4.78, 5) is 3.98. The number of halogens is 2. The molecule has 88 valence electrons. The largest absolute Gasteiger partial charge is 0.490 e. The fourth-order valence-electron chi connectivity index (χ4n) is 2.36. The van der Waals surface area contributed by atoms with Gasteiger partial charge in [-0.3, -0.25) is 0 Å². The van der Waals surface area contributed by atoms with E-state index in [1.807, 2.05) is 6.07 Å². The van der Waals surface area contributed by atoms with Crippen LogP contribution in [0.25, 0.3) is 0 Å². The van der Waals surface area contributed by atoms with Gasteiger partial charge in [-0.1, -0.05) is 11.6 Å². The van der Waals surface area contributed by atoms with Crippen LogP contribution in [0.4, 0.5) is 0 Å². The minimum absolute atomic E-state index is 0. The normalized spacial score (nSPS) is 30.4. The topological polar surface area (TPSA) is 34.1 Å². The highest BCUT2D eigenvalue weighted by atomic mass is 35.5. The maximum Gasteiger partial charge on any atom is 0.137 e. The van der Waals surface area contributed by atoms with Gasteiger partial charge in [0.1, 0.15) is 17.5 Å². The Bertz CT molecular complexity index is 371. The van der Waals surface area contributed by atoms with E-state index in [9.17, 15) is 0 Å². The summed E-state index contributed by atoms with van der Waals surface area (Å²) in [5.41, 5.74) is 0.277. The van der Waals surface area contributed by atoms with E-state index in [1.165, 1.54) is 12.8 Å². The number of aromatic nitrogens is 1. The number of ether oxygens (including phenoxy) is 1. The van der Waals surface area contributed by atoms with Crippen molar-refractivity contribution in [3.8, 4) is 5.75 Å². The Balaban J connectivity index is 0.000000963. The van der Waals surface area contributed by atoms with Crippen LogP contribution in [0.5, 0.6) is 5.75 Å². The van der Waals surface area contributed by atoms with Crippen LogP contribution in [0.1, 0.15) is 12.8 Å². The molecule has 1 aliphatic carbocycles. The van der Waals surface area contributed by atoms with E-state index in [-0.39, 0.29) is 17.9 Å². The summed E-state index contributed by atoms with van der Waals surface area (Å²) in [6.45, 7) is 1.88. The lowest BCUT2D eigenvalue weighted by atomic mass is 10.2. The molecular formula is C11H14Cl2N2O. The van der Waals surface area contributed by atoms with Crippen LogP contribution >= 0.6 is 24.0 Å². The van der Waals surface area contributed by atoms with Crippen molar-refractivity contribution < 1.29 is 4.74 Å². The standard InChI is InChI=1S/C11H13ClN2O.ClH/c12-10-2-1-9(6-13-10)15-7-11-5-8(11)3-4-14-11;/h1-2,6,8,14H,3-5,7H2;1H/t8-,11-;/m1./s1. The number of piperidine rings is 1. The molecule has 2 aliphatic rings. The van der Waals surface area contributed by atoms with Gasteiger partial charge in [0, 0.05) is 0 Å². The van der Waals surface area contributed by atoms with E-state index < -0.39 is 0 Å². The third-order valence-corrected chi connectivity index (χ3v) is 3.62. The highest BCUT2D eigenvalue weighted by molar-refractivity contribution is 6.29. The molecule has 3 nitrogen and oxygen atoms in total. The third kappa shape index (κ3) is 2.12. The van der Waals surface area contributed by atoms with Gasteiger partial charge in [-0.2, -0.15) is 0 Å². The van der Waals surface area contributed by atoms with Crippen molar-refractivity contribution in [2.75, 3.05) is 13.2 Å². The summed E-state index contributed by atoms with van der Waals surface area (Å²) in [6.07, 6.45) is 4.22. The molecule has 1 N–H and O–H groups in total. The maximum atomic E-state index is 5.71. The third-order valence-electron chi connectivity index (χ3n) is 3.40. The monoisotopic (exact) mass is 260 g/mol. The summed E-state index contributed by atoms with van der Waals surface area (Å²) < 4.78 is 5.71. The molecule has 0 bridgehead atoms. The first-order chi connectivity index (χ1) is 7.28. The van der Waals surface area contributed by atoms with Gasteiger partial charge in [-0.15, -0.1) is 12.4 Å². The zero-order chi connectivity index (χ0) is 10.3. The van der Waals surface area contributed by atoms with Crippen molar-refractivity contribution in [3.05, 3.63) is 23.5 Å². The average molecular weight is 261 g/mol. The molecule has 16 heavy (non-hydrogen) atoms. The van der Waals surface area contributed by atoms with Crippen molar-refractivity contribution in [1.29, 1.82) is 0 Å². The highest BCUT2D eigenvalue weighted by Crippen LogP contribution is 2.49. The quantitative estimate of drug-likeness (QED) is 0.848. The molecule has 1 aliphatic heterocycles. The van der Waals surface area contributed by atoms with Gasteiger partial charge in [0.15, 0.2) is 0 Å². The van der Waals surface area contributed by atoms with Crippen LogP contribution in [0.2, 0.25) is 5.15 Å². The molecule has 0 aromatic carbocycles. The zero-order valence-corrected chi connectivity index (χ0v) is 10.4. The molecule has 0 unspecified atom stereocenters. The molecule has 0 spiro atoms. The predicted octanol–water partition coefficient (Wildman–Crippen LogP) is 2.29. The van der Waals surface area contributed by atoms with Gasteiger partial charge < -0.3 is 10.1 Å². The number of hydrogen-bond acceptors (Lipinski definition) is 3. The second-order valence-corrected chi connectivity index (χ2v) is 4.77. The number of pyridine rings is 1. The van der Waals surface area contributed by atoms with E-state index in [0.29, 0.717) is 5.15 Å².